The Kier molecular flexibility index (Phi) is 7.10. The predicted octanol–water partition coefficient (Wildman–Crippen LogP) is 2.89. The molecule has 8 heteroatoms. The number of carbonyl (C=O) groups excluding carboxylic acids is 2. The summed E-state index contributed by atoms with van der Waals surface area (Å²) in [7, 11) is 0. The van der Waals surface area contributed by atoms with Gasteiger partial charge in [0.25, 0.3) is 5.91 Å². The van der Waals surface area contributed by atoms with Crippen molar-refractivity contribution in [2.24, 2.45) is 5.92 Å². The molecule has 29 heavy (non-hydrogen) atoms. The third-order valence-corrected chi connectivity index (χ3v) is 4.94. The highest BCUT2D eigenvalue weighted by atomic mass is 19.3. The van der Waals surface area contributed by atoms with E-state index in [2.05, 4.69) is 15.0 Å². The van der Waals surface area contributed by atoms with E-state index in [1.165, 1.54) is 12.1 Å². The molecule has 0 radical (unpaired) electrons. The standard InChI is InChI=1S/C21H23F2N3O3/c22-21(23)29-18-3-1-15(2-4-18)5-12-25-19(27)16-8-13-26(14-9-16)20(28)17-6-10-24-11-7-17/h1-4,6-7,10-11,16,21H,5,8-9,12-14H2,(H,25,27). The van der Waals surface area contributed by atoms with E-state index in [9.17, 15) is 18.4 Å². The van der Waals surface area contributed by atoms with Crippen LogP contribution in [0.5, 0.6) is 5.75 Å². The summed E-state index contributed by atoms with van der Waals surface area (Å²) in [5.74, 6) is -0.0524. The quantitative estimate of drug-likeness (QED) is 0.772. The number of alkyl halides is 2. The fraction of sp³-hybridized carbons (Fsp3) is 0.381. The molecule has 0 atom stereocenters. The highest BCUT2D eigenvalue weighted by Gasteiger charge is 2.27. The Balaban J connectivity index is 1.39. The number of piperidine rings is 1. The van der Waals surface area contributed by atoms with Crippen molar-refractivity contribution < 1.29 is 23.1 Å². The van der Waals surface area contributed by atoms with Crippen molar-refractivity contribution >= 4 is 11.8 Å². The van der Waals surface area contributed by atoms with Gasteiger partial charge in [0.1, 0.15) is 5.75 Å². The number of likely N-dealkylation sites (tertiary alicyclic amines) is 1. The maximum Gasteiger partial charge on any atom is 0.387 e. The maximum atomic E-state index is 12.4. The third kappa shape index (κ3) is 5.97. The minimum absolute atomic E-state index is 0.0151. The van der Waals surface area contributed by atoms with E-state index >= 15 is 0 Å². The number of benzene rings is 1. The zero-order chi connectivity index (χ0) is 20.6. The molecule has 1 fully saturated rings. The molecular formula is C21H23F2N3O3. The van der Waals surface area contributed by atoms with Gasteiger partial charge in [-0.2, -0.15) is 8.78 Å². The average Bonchev–Trinajstić information content (AvgIpc) is 2.75. The van der Waals surface area contributed by atoms with Gasteiger partial charge >= 0.3 is 6.61 Å². The summed E-state index contributed by atoms with van der Waals surface area (Å²) >= 11 is 0. The molecule has 154 valence electrons. The van der Waals surface area contributed by atoms with Gasteiger partial charge in [0.15, 0.2) is 0 Å². The zero-order valence-corrected chi connectivity index (χ0v) is 15.9. The van der Waals surface area contributed by atoms with Crippen molar-refractivity contribution in [3.63, 3.8) is 0 Å². The summed E-state index contributed by atoms with van der Waals surface area (Å²) in [5.41, 5.74) is 1.53. The van der Waals surface area contributed by atoms with Gasteiger partial charge in [0.05, 0.1) is 0 Å². The van der Waals surface area contributed by atoms with Crippen molar-refractivity contribution in [2.45, 2.75) is 25.9 Å². The number of hydrogen-bond donors (Lipinski definition) is 1. The van der Waals surface area contributed by atoms with Crippen LogP contribution in [0.25, 0.3) is 0 Å². The van der Waals surface area contributed by atoms with Gasteiger partial charge in [0, 0.05) is 43.5 Å². The molecule has 0 saturated carbocycles. The second-order valence-electron chi connectivity index (χ2n) is 6.87. The molecule has 1 aliphatic heterocycles. The van der Waals surface area contributed by atoms with Gasteiger partial charge in [-0.05, 0) is 49.1 Å². The second kappa shape index (κ2) is 9.95. The summed E-state index contributed by atoms with van der Waals surface area (Å²) in [6, 6.07) is 9.75. The van der Waals surface area contributed by atoms with Crippen LogP contribution >= 0.6 is 0 Å². The van der Waals surface area contributed by atoms with Crippen molar-refractivity contribution in [3.05, 3.63) is 59.9 Å². The van der Waals surface area contributed by atoms with Crippen LogP contribution in [0.4, 0.5) is 8.78 Å². The van der Waals surface area contributed by atoms with Crippen LogP contribution in [0.1, 0.15) is 28.8 Å². The summed E-state index contributed by atoms with van der Waals surface area (Å²) < 4.78 is 28.6. The first-order valence-electron chi connectivity index (χ1n) is 9.53. The monoisotopic (exact) mass is 403 g/mol. The Hall–Kier alpha value is -3.03. The Morgan fingerprint density at radius 3 is 2.38 bits per heavy atom. The van der Waals surface area contributed by atoms with E-state index in [0.29, 0.717) is 44.5 Å². The molecule has 0 bridgehead atoms. The van der Waals surface area contributed by atoms with Crippen molar-refractivity contribution in [1.82, 2.24) is 15.2 Å². The van der Waals surface area contributed by atoms with Gasteiger partial charge in [-0.1, -0.05) is 12.1 Å². The minimum atomic E-state index is -2.84. The lowest BCUT2D eigenvalue weighted by Crippen LogP contribution is -2.43. The molecule has 0 unspecified atom stereocenters. The van der Waals surface area contributed by atoms with Gasteiger partial charge < -0.3 is 15.0 Å². The maximum absolute atomic E-state index is 12.4. The molecule has 2 heterocycles. The summed E-state index contributed by atoms with van der Waals surface area (Å²) in [6.07, 6.45) is 5.03. The smallest absolute Gasteiger partial charge is 0.387 e. The Bertz CT molecular complexity index is 808. The van der Waals surface area contributed by atoms with Crippen molar-refractivity contribution in [1.29, 1.82) is 0 Å². The van der Waals surface area contributed by atoms with Crippen LogP contribution in [0, 0.1) is 5.92 Å². The molecule has 2 amide bonds. The Morgan fingerprint density at radius 1 is 1.10 bits per heavy atom. The molecular weight excluding hydrogens is 380 g/mol. The van der Waals surface area contributed by atoms with Crippen LogP contribution in [-0.4, -0.2) is 47.9 Å². The minimum Gasteiger partial charge on any atom is -0.435 e. The van der Waals surface area contributed by atoms with E-state index in [1.807, 2.05) is 0 Å². The number of hydrogen-bond acceptors (Lipinski definition) is 4. The van der Waals surface area contributed by atoms with Gasteiger partial charge in [-0.25, -0.2) is 0 Å². The molecule has 1 saturated heterocycles. The Morgan fingerprint density at radius 2 is 1.76 bits per heavy atom. The molecule has 2 aromatic rings. The number of pyridine rings is 1. The van der Waals surface area contributed by atoms with Gasteiger partial charge in [0.2, 0.25) is 5.91 Å². The van der Waals surface area contributed by atoms with Crippen molar-refractivity contribution in [2.75, 3.05) is 19.6 Å². The number of nitrogens with zero attached hydrogens (tertiary/aromatic N) is 2. The SMILES string of the molecule is O=C(NCCc1ccc(OC(F)F)cc1)C1CCN(C(=O)c2ccncc2)CC1. The number of ether oxygens (including phenoxy) is 1. The number of rotatable bonds is 7. The molecule has 0 spiro atoms. The number of nitrogens with one attached hydrogen (secondary N) is 1. The predicted molar refractivity (Wildman–Crippen MR) is 103 cm³/mol. The van der Waals surface area contributed by atoms with Crippen LogP contribution in [0.2, 0.25) is 0 Å². The van der Waals surface area contributed by atoms with Crippen LogP contribution < -0.4 is 10.1 Å². The normalized spacial score (nSPS) is 14.7. The van der Waals surface area contributed by atoms with Gasteiger partial charge in [-0.15, -0.1) is 0 Å². The summed E-state index contributed by atoms with van der Waals surface area (Å²) in [5, 5.41) is 2.92. The van der Waals surface area contributed by atoms with Crippen LogP contribution in [0.3, 0.4) is 0 Å². The van der Waals surface area contributed by atoms with E-state index in [-0.39, 0.29) is 23.5 Å². The van der Waals surface area contributed by atoms with Crippen molar-refractivity contribution in [3.8, 4) is 5.75 Å². The molecule has 1 aliphatic rings. The molecule has 0 aliphatic carbocycles. The highest BCUT2D eigenvalue weighted by Crippen LogP contribution is 2.19. The number of amides is 2. The van der Waals surface area contributed by atoms with Crippen LogP contribution in [0.15, 0.2) is 48.8 Å². The zero-order valence-electron chi connectivity index (χ0n) is 15.9. The molecule has 1 aromatic carbocycles. The number of carbonyl (C=O) groups is 2. The highest BCUT2D eigenvalue weighted by molar-refractivity contribution is 5.94. The fourth-order valence-corrected chi connectivity index (χ4v) is 3.33. The lowest BCUT2D eigenvalue weighted by molar-refractivity contribution is -0.126. The largest absolute Gasteiger partial charge is 0.435 e. The van der Waals surface area contributed by atoms with E-state index in [1.54, 1.807) is 41.6 Å². The summed E-state index contributed by atoms with van der Waals surface area (Å²) in [4.78, 5) is 30.5. The average molecular weight is 403 g/mol. The topological polar surface area (TPSA) is 71.5 Å². The first-order valence-corrected chi connectivity index (χ1v) is 9.53. The molecule has 1 aromatic heterocycles. The lowest BCUT2D eigenvalue weighted by Gasteiger charge is -2.31. The third-order valence-electron chi connectivity index (χ3n) is 4.94. The van der Waals surface area contributed by atoms with Crippen LogP contribution in [-0.2, 0) is 11.2 Å². The first-order chi connectivity index (χ1) is 14.0. The first kappa shape index (κ1) is 20.7. The van der Waals surface area contributed by atoms with Gasteiger partial charge in [-0.3, -0.25) is 14.6 Å². The second-order valence-corrected chi connectivity index (χ2v) is 6.87. The van der Waals surface area contributed by atoms with E-state index in [4.69, 9.17) is 0 Å². The fourth-order valence-electron chi connectivity index (χ4n) is 3.33. The number of aromatic nitrogens is 1. The lowest BCUT2D eigenvalue weighted by atomic mass is 9.95. The molecule has 1 N–H and O–H groups in total. The molecule has 3 rings (SSSR count). The van der Waals surface area contributed by atoms with E-state index in [0.717, 1.165) is 5.56 Å². The number of halogens is 2. The molecule has 6 nitrogen and oxygen atoms in total. The summed E-state index contributed by atoms with van der Waals surface area (Å²) in [6.45, 7) is -1.29. The Labute approximate surface area is 167 Å². The van der Waals surface area contributed by atoms with E-state index < -0.39 is 6.61 Å².